The third-order valence-corrected chi connectivity index (χ3v) is 6.73. The minimum atomic E-state index is -0.198. The number of nitrogens with one attached hydrogen (secondary N) is 2. The van der Waals surface area contributed by atoms with Crippen molar-refractivity contribution in [1.82, 2.24) is 20.2 Å². The summed E-state index contributed by atoms with van der Waals surface area (Å²) in [4.78, 5) is 23.5. The number of H-pyrrole nitrogens is 1. The first kappa shape index (κ1) is 18.9. The Morgan fingerprint density at radius 1 is 1.21 bits per heavy atom. The number of rotatable bonds is 6. The zero-order valence-corrected chi connectivity index (χ0v) is 17.3. The number of aromatic amines is 1. The van der Waals surface area contributed by atoms with Gasteiger partial charge in [0.15, 0.2) is 0 Å². The van der Waals surface area contributed by atoms with Gasteiger partial charge in [-0.2, -0.15) is 4.98 Å². The van der Waals surface area contributed by atoms with E-state index in [1.54, 1.807) is 23.1 Å². The largest absolute Gasteiger partial charge is 0.340 e. The Bertz CT molecular complexity index is 930. The molecule has 2 aromatic heterocycles. The fourth-order valence-corrected chi connectivity index (χ4v) is 4.83. The van der Waals surface area contributed by atoms with Crippen molar-refractivity contribution in [3.63, 3.8) is 0 Å². The molecule has 0 spiro atoms. The molecule has 0 radical (unpaired) electrons. The van der Waals surface area contributed by atoms with Crippen molar-refractivity contribution in [3.05, 3.63) is 46.5 Å². The van der Waals surface area contributed by atoms with E-state index in [0.29, 0.717) is 17.5 Å². The van der Waals surface area contributed by atoms with E-state index in [2.05, 4.69) is 35.8 Å². The van der Waals surface area contributed by atoms with E-state index in [-0.39, 0.29) is 5.91 Å². The quantitative estimate of drug-likeness (QED) is 0.591. The Balaban J connectivity index is 1.32. The number of thioether (sulfide) groups is 1. The highest BCUT2D eigenvalue weighted by Crippen LogP contribution is 2.26. The third kappa shape index (κ3) is 4.71. The molecule has 7 nitrogen and oxygen atoms in total. The van der Waals surface area contributed by atoms with Gasteiger partial charge in [-0.1, -0.05) is 23.9 Å². The SMILES string of the molecule is Cc1csc(SCc2ccc(C(=O)Nc3nc(N4CCCCC4)n[nH]3)cc2)n1. The molecule has 3 aromatic rings. The van der Waals surface area contributed by atoms with Crippen LogP contribution in [0.1, 0.15) is 40.9 Å². The number of carbonyl (C=O) groups excluding carboxylic acids is 1. The number of benzene rings is 1. The first-order valence-electron chi connectivity index (χ1n) is 9.30. The van der Waals surface area contributed by atoms with Crippen LogP contribution in [0.25, 0.3) is 0 Å². The lowest BCUT2D eigenvalue weighted by Crippen LogP contribution is -2.30. The number of hydrogen-bond acceptors (Lipinski definition) is 7. The standard InChI is InChI=1S/C19H22N6OS2/c1-13-11-27-19(20-13)28-12-14-5-7-15(8-6-14)16(26)21-17-22-18(24-23-17)25-9-3-2-4-10-25/h5-8,11H,2-4,9-10,12H2,1H3,(H2,21,22,23,24,26). The van der Waals surface area contributed by atoms with Crippen LogP contribution < -0.4 is 10.2 Å². The molecular formula is C19H22N6OS2. The summed E-state index contributed by atoms with van der Waals surface area (Å²) in [6.45, 7) is 3.93. The predicted molar refractivity (Wildman–Crippen MR) is 113 cm³/mol. The van der Waals surface area contributed by atoms with Crippen molar-refractivity contribution in [2.24, 2.45) is 0 Å². The second kappa shape index (κ2) is 8.74. The summed E-state index contributed by atoms with van der Waals surface area (Å²) < 4.78 is 1.06. The van der Waals surface area contributed by atoms with Crippen LogP contribution in [0.4, 0.5) is 11.9 Å². The highest BCUT2D eigenvalue weighted by atomic mass is 32.2. The maximum absolute atomic E-state index is 12.5. The molecule has 1 amide bonds. The maximum Gasteiger partial charge on any atom is 0.258 e. The Kier molecular flexibility index (Phi) is 5.92. The second-order valence-electron chi connectivity index (χ2n) is 6.73. The van der Waals surface area contributed by atoms with E-state index in [0.717, 1.165) is 47.3 Å². The molecule has 9 heteroatoms. The molecule has 3 heterocycles. The molecule has 1 aromatic carbocycles. The van der Waals surface area contributed by atoms with E-state index in [1.807, 2.05) is 31.2 Å². The molecule has 1 aliphatic rings. The van der Waals surface area contributed by atoms with Crippen LogP contribution in [0.3, 0.4) is 0 Å². The lowest BCUT2D eigenvalue weighted by molar-refractivity contribution is 0.102. The molecule has 1 fully saturated rings. The fraction of sp³-hybridized carbons (Fsp3) is 0.368. The van der Waals surface area contributed by atoms with Crippen molar-refractivity contribution in [2.45, 2.75) is 36.3 Å². The smallest absolute Gasteiger partial charge is 0.258 e. The van der Waals surface area contributed by atoms with Gasteiger partial charge in [0.25, 0.3) is 5.91 Å². The summed E-state index contributed by atoms with van der Waals surface area (Å²) in [5, 5.41) is 11.9. The van der Waals surface area contributed by atoms with Gasteiger partial charge >= 0.3 is 0 Å². The number of aryl methyl sites for hydroxylation is 1. The van der Waals surface area contributed by atoms with Gasteiger partial charge < -0.3 is 4.90 Å². The molecule has 0 bridgehead atoms. The van der Waals surface area contributed by atoms with E-state index in [4.69, 9.17) is 0 Å². The van der Waals surface area contributed by atoms with Crippen LogP contribution in [0.15, 0.2) is 34.0 Å². The highest BCUT2D eigenvalue weighted by Gasteiger charge is 2.16. The van der Waals surface area contributed by atoms with E-state index >= 15 is 0 Å². The summed E-state index contributed by atoms with van der Waals surface area (Å²) in [6, 6.07) is 7.62. The Morgan fingerprint density at radius 3 is 2.71 bits per heavy atom. The zero-order valence-electron chi connectivity index (χ0n) is 15.6. The fourth-order valence-electron chi connectivity index (χ4n) is 3.02. The van der Waals surface area contributed by atoms with Crippen LogP contribution in [0.2, 0.25) is 0 Å². The number of amides is 1. The summed E-state index contributed by atoms with van der Waals surface area (Å²) in [5.74, 6) is 1.66. The lowest BCUT2D eigenvalue weighted by atomic mass is 10.1. The van der Waals surface area contributed by atoms with Gasteiger partial charge in [0.05, 0.1) is 0 Å². The number of hydrogen-bond donors (Lipinski definition) is 2. The summed E-state index contributed by atoms with van der Waals surface area (Å²) in [6.07, 6.45) is 3.56. The van der Waals surface area contributed by atoms with Gasteiger partial charge in [0.2, 0.25) is 11.9 Å². The molecule has 1 saturated heterocycles. The normalized spacial score (nSPS) is 14.2. The first-order chi connectivity index (χ1) is 13.7. The minimum absolute atomic E-state index is 0.198. The predicted octanol–water partition coefficient (Wildman–Crippen LogP) is 4.10. The average Bonchev–Trinajstić information content (AvgIpc) is 3.36. The Labute approximate surface area is 172 Å². The van der Waals surface area contributed by atoms with Crippen molar-refractivity contribution in [3.8, 4) is 0 Å². The zero-order chi connectivity index (χ0) is 19.3. The van der Waals surface area contributed by atoms with E-state index < -0.39 is 0 Å². The van der Waals surface area contributed by atoms with E-state index in [1.165, 1.54) is 6.42 Å². The monoisotopic (exact) mass is 414 g/mol. The maximum atomic E-state index is 12.5. The second-order valence-corrected chi connectivity index (χ2v) is 8.81. The number of aromatic nitrogens is 4. The first-order valence-corrected chi connectivity index (χ1v) is 11.2. The van der Waals surface area contributed by atoms with E-state index in [9.17, 15) is 4.79 Å². The third-order valence-electron chi connectivity index (χ3n) is 4.52. The lowest BCUT2D eigenvalue weighted by Gasteiger charge is -2.24. The summed E-state index contributed by atoms with van der Waals surface area (Å²) in [5.41, 5.74) is 2.80. The number of carbonyl (C=O) groups is 1. The molecule has 1 aliphatic heterocycles. The van der Waals surface area contributed by atoms with Crippen molar-refractivity contribution in [1.29, 1.82) is 0 Å². The molecule has 4 rings (SSSR count). The number of thiazole rings is 1. The molecule has 0 aliphatic carbocycles. The highest BCUT2D eigenvalue weighted by molar-refractivity contribution is 8.00. The molecule has 0 unspecified atom stereocenters. The summed E-state index contributed by atoms with van der Waals surface area (Å²) >= 11 is 3.36. The molecular weight excluding hydrogens is 392 g/mol. The molecule has 0 atom stereocenters. The Morgan fingerprint density at radius 2 is 2.00 bits per heavy atom. The number of anilines is 2. The van der Waals surface area contributed by atoms with Crippen LogP contribution >= 0.6 is 23.1 Å². The molecule has 0 saturated carbocycles. The van der Waals surface area contributed by atoms with Crippen LogP contribution in [-0.4, -0.2) is 39.2 Å². The molecule has 28 heavy (non-hydrogen) atoms. The van der Waals surface area contributed by atoms with Gasteiger partial charge in [-0.25, -0.2) is 10.1 Å². The van der Waals surface area contributed by atoms with Crippen molar-refractivity contribution < 1.29 is 4.79 Å². The molecule has 2 N–H and O–H groups in total. The topological polar surface area (TPSA) is 86.8 Å². The number of piperidine rings is 1. The van der Waals surface area contributed by atoms with Gasteiger partial charge in [0, 0.05) is 35.5 Å². The van der Waals surface area contributed by atoms with Crippen LogP contribution in [0.5, 0.6) is 0 Å². The van der Waals surface area contributed by atoms with Crippen molar-refractivity contribution >= 4 is 40.9 Å². The molecule has 146 valence electrons. The minimum Gasteiger partial charge on any atom is -0.340 e. The van der Waals surface area contributed by atoms with Gasteiger partial charge in [-0.15, -0.1) is 16.4 Å². The average molecular weight is 415 g/mol. The van der Waals surface area contributed by atoms with Gasteiger partial charge in [0.1, 0.15) is 4.34 Å². The van der Waals surface area contributed by atoms with Gasteiger partial charge in [-0.3, -0.25) is 10.1 Å². The van der Waals surface area contributed by atoms with Crippen molar-refractivity contribution in [2.75, 3.05) is 23.3 Å². The van der Waals surface area contributed by atoms with Crippen LogP contribution in [0, 0.1) is 6.92 Å². The Hall–Kier alpha value is -2.39. The number of nitrogens with zero attached hydrogens (tertiary/aromatic N) is 4. The summed E-state index contributed by atoms with van der Waals surface area (Å²) in [7, 11) is 0. The van der Waals surface area contributed by atoms with Gasteiger partial charge in [-0.05, 0) is 43.9 Å². The van der Waals surface area contributed by atoms with Crippen LogP contribution in [-0.2, 0) is 5.75 Å².